The molecule has 9 heteroatoms. The minimum atomic E-state index is -0.612. The van der Waals surface area contributed by atoms with Crippen molar-refractivity contribution in [3.63, 3.8) is 0 Å². The Morgan fingerprint density at radius 3 is 2.65 bits per heavy atom. The van der Waals surface area contributed by atoms with Crippen LogP contribution in [0.2, 0.25) is 0 Å². The Labute approximate surface area is 184 Å². The monoisotopic (exact) mass is 439 g/mol. The van der Waals surface area contributed by atoms with Gasteiger partial charge in [0, 0.05) is 11.6 Å². The molecule has 1 N–H and O–H groups in total. The van der Waals surface area contributed by atoms with Gasteiger partial charge in [0.1, 0.15) is 6.61 Å². The number of methoxy groups -OCH3 is 2. The summed E-state index contributed by atoms with van der Waals surface area (Å²) in [5.41, 5.74) is 2.74. The number of thioether (sulfide) groups is 1. The van der Waals surface area contributed by atoms with Crippen molar-refractivity contribution in [1.29, 1.82) is 0 Å². The molecule has 0 spiro atoms. The van der Waals surface area contributed by atoms with Crippen LogP contribution in [0.3, 0.4) is 0 Å². The van der Waals surface area contributed by atoms with Crippen LogP contribution in [0, 0.1) is 6.92 Å². The maximum Gasteiger partial charge on any atom is 0.331 e. The van der Waals surface area contributed by atoms with Gasteiger partial charge in [0.05, 0.1) is 25.3 Å². The Kier molecular flexibility index (Phi) is 7.45. The summed E-state index contributed by atoms with van der Waals surface area (Å²) in [4.78, 5) is 23.3. The van der Waals surface area contributed by atoms with E-state index in [0.29, 0.717) is 18.1 Å². The molecule has 0 unspecified atom stereocenters. The number of carbonyl (C=O) groups excluding carboxylic acids is 2. The van der Waals surface area contributed by atoms with Crippen LogP contribution >= 0.6 is 11.8 Å². The molecule has 3 rings (SSSR count). The van der Waals surface area contributed by atoms with Gasteiger partial charge in [-0.1, -0.05) is 30.3 Å². The van der Waals surface area contributed by atoms with E-state index in [2.05, 4.69) is 20.3 Å². The molecule has 1 amide bonds. The van der Waals surface area contributed by atoms with Gasteiger partial charge in [-0.05, 0) is 41.9 Å². The fraction of sp³-hybridized carbons (Fsp3) is 0.182. The second-order valence-electron chi connectivity index (χ2n) is 6.37. The van der Waals surface area contributed by atoms with Crippen molar-refractivity contribution < 1.29 is 23.8 Å². The molecule has 31 heavy (non-hydrogen) atoms. The number of rotatable bonds is 7. The minimum absolute atomic E-state index is 0.193. The van der Waals surface area contributed by atoms with Gasteiger partial charge in [0.15, 0.2) is 16.7 Å². The quantitative estimate of drug-likeness (QED) is 0.308. The van der Waals surface area contributed by atoms with E-state index in [9.17, 15) is 9.59 Å². The van der Waals surface area contributed by atoms with Gasteiger partial charge in [-0.15, -0.1) is 5.10 Å². The van der Waals surface area contributed by atoms with Crippen LogP contribution in [0.5, 0.6) is 11.5 Å². The average Bonchev–Trinajstić information content (AvgIpc) is 3.12. The molecule has 1 aliphatic rings. The van der Waals surface area contributed by atoms with E-state index >= 15 is 0 Å². The van der Waals surface area contributed by atoms with Crippen molar-refractivity contribution in [2.45, 2.75) is 13.5 Å². The fourth-order valence-corrected chi connectivity index (χ4v) is 3.35. The van der Waals surface area contributed by atoms with Crippen LogP contribution < -0.4 is 14.8 Å². The highest BCUT2D eigenvalue weighted by Gasteiger charge is 2.25. The number of hydrogen-bond acceptors (Lipinski definition) is 8. The summed E-state index contributed by atoms with van der Waals surface area (Å²) in [6, 6.07) is 13.5. The molecule has 0 saturated carbocycles. The average molecular weight is 439 g/mol. The molecular weight excluding hydrogens is 418 g/mol. The molecule has 0 aliphatic carbocycles. The third kappa shape index (κ3) is 5.95. The van der Waals surface area contributed by atoms with E-state index in [4.69, 9.17) is 9.47 Å². The fourth-order valence-electron chi connectivity index (χ4n) is 2.61. The lowest BCUT2D eigenvalue weighted by molar-refractivity contribution is -0.135. The standard InChI is InChI=1S/C22H21N3O5S/c1-14-9-17(28-2)18(30-13-15-7-5-4-6-8-15)10-16(14)12-23-25-22-24-21(27)19(31-22)11-20(26)29-3/h4-12H,13H2,1-3H3,(H,24,25,27)/b19-11+,23-12?. The summed E-state index contributed by atoms with van der Waals surface area (Å²) >= 11 is 1.01. The lowest BCUT2D eigenvalue weighted by atomic mass is 10.1. The van der Waals surface area contributed by atoms with Crippen molar-refractivity contribution in [2.75, 3.05) is 14.2 Å². The van der Waals surface area contributed by atoms with Gasteiger partial charge in [-0.25, -0.2) is 4.79 Å². The zero-order chi connectivity index (χ0) is 22.2. The van der Waals surface area contributed by atoms with Gasteiger partial charge in [0.25, 0.3) is 5.91 Å². The first-order valence-electron chi connectivity index (χ1n) is 9.25. The maximum atomic E-state index is 11.9. The normalized spacial score (nSPS) is 16.0. The molecule has 1 aliphatic heterocycles. The molecule has 0 aromatic heterocycles. The third-order valence-corrected chi connectivity index (χ3v) is 5.14. The summed E-state index contributed by atoms with van der Waals surface area (Å²) in [5.74, 6) is 0.159. The molecule has 2 aromatic rings. The van der Waals surface area contributed by atoms with Gasteiger partial charge >= 0.3 is 5.97 Å². The second-order valence-corrected chi connectivity index (χ2v) is 7.40. The first-order valence-corrected chi connectivity index (χ1v) is 10.1. The van der Waals surface area contributed by atoms with Crippen molar-refractivity contribution in [1.82, 2.24) is 5.32 Å². The van der Waals surface area contributed by atoms with Crippen LogP contribution in [0.25, 0.3) is 0 Å². The molecule has 1 heterocycles. The van der Waals surface area contributed by atoms with Gasteiger partial charge in [-0.3, -0.25) is 10.1 Å². The van der Waals surface area contributed by atoms with Gasteiger partial charge in [-0.2, -0.15) is 5.10 Å². The molecule has 8 nitrogen and oxygen atoms in total. The Balaban J connectivity index is 1.74. The topological polar surface area (TPSA) is 98.6 Å². The number of nitrogens with one attached hydrogen (secondary N) is 1. The predicted octanol–water partition coefficient (Wildman–Crippen LogP) is 3.19. The van der Waals surface area contributed by atoms with E-state index in [1.54, 1.807) is 13.3 Å². The summed E-state index contributed by atoms with van der Waals surface area (Å²) in [7, 11) is 2.83. The molecule has 1 saturated heterocycles. The van der Waals surface area contributed by atoms with Crippen LogP contribution in [0.1, 0.15) is 16.7 Å². The second kappa shape index (κ2) is 10.4. The summed E-state index contributed by atoms with van der Waals surface area (Å²) in [5, 5.41) is 10.9. The first-order chi connectivity index (χ1) is 15.0. The van der Waals surface area contributed by atoms with Gasteiger partial charge < -0.3 is 14.2 Å². The number of amidine groups is 1. The van der Waals surface area contributed by atoms with E-state index in [0.717, 1.165) is 34.5 Å². The van der Waals surface area contributed by atoms with E-state index < -0.39 is 11.9 Å². The number of nitrogens with zero attached hydrogens (tertiary/aromatic N) is 2. The zero-order valence-corrected chi connectivity index (χ0v) is 18.1. The number of esters is 1. The molecule has 2 aromatic carbocycles. The van der Waals surface area contributed by atoms with Crippen molar-refractivity contribution in [3.8, 4) is 11.5 Å². The van der Waals surface area contributed by atoms with Crippen LogP contribution in [0.15, 0.2) is 63.6 Å². The number of ether oxygens (including phenoxy) is 3. The number of carbonyl (C=O) groups is 2. The van der Waals surface area contributed by atoms with Crippen LogP contribution in [-0.2, 0) is 20.9 Å². The lowest BCUT2D eigenvalue weighted by Crippen LogP contribution is -2.19. The highest BCUT2D eigenvalue weighted by Crippen LogP contribution is 2.31. The van der Waals surface area contributed by atoms with E-state index in [1.807, 2.05) is 49.4 Å². The number of amides is 1. The minimum Gasteiger partial charge on any atom is -0.493 e. The van der Waals surface area contributed by atoms with E-state index in [1.165, 1.54) is 7.11 Å². The van der Waals surface area contributed by atoms with Crippen molar-refractivity contribution >= 4 is 35.0 Å². The molecule has 160 valence electrons. The summed E-state index contributed by atoms with van der Waals surface area (Å²) in [6.45, 7) is 2.32. The zero-order valence-electron chi connectivity index (χ0n) is 17.2. The largest absolute Gasteiger partial charge is 0.493 e. The van der Waals surface area contributed by atoms with Gasteiger partial charge in [0.2, 0.25) is 0 Å². The summed E-state index contributed by atoms with van der Waals surface area (Å²) in [6.07, 6.45) is 2.67. The third-order valence-electron chi connectivity index (χ3n) is 4.24. The Morgan fingerprint density at radius 2 is 1.94 bits per heavy atom. The first kappa shape index (κ1) is 22.1. The summed E-state index contributed by atoms with van der Waals surface area (Å²) < 4.78 is 15.9. The Bertz CT molecular complexity index is 1060. The number of benzene rings is 2. The lowest BCUT2D eigenvalue weighted by Gasteiger charge is -2.13. The highest BCUT2D eigenvalue weighted by molar-refractivity contribution is 8.18. The smallest absolute Gasteiger partial charge is 0.331 e. The SMILES string of the molecule is COC(=O)/C=C1/S/C(=N\N=Cc2cc(OCc3ccccc3)c(OC)cc2C)NC1=O. The van der Waals surface area contributed by atoms with Crippen LogP contribution in [0.4, 0.5) is 0 Å². The van der Waals surface area contributed by atoms with Crippen LogP contribution in [-0.4, -0.2) is 37.5 Å². The maximum absolute atomic E-state index is 11.9. The Morgan fingerprint density at radius 1 is 1.16 bits per heavy atom. The van der Waals surface area contributed by atoms with E-state index in [-0.39, 0.29) is 10.1 Å². The molecule has 1 fully saturated rings. The predicted molar refractivity (Wildman–Crippen MR) is 119 cm³/mol. The molecular formula is C22H21N3O5S. The highest BCUT2D eigenvalue weighted by atomic mass is 32.2. The number of hydrogen-bond donors (Lipinski definition) is 1. The molecule has 0 atom stereocenters. The molecule has 0 bridgehead atoms. The van der Waals surface area contributed by atoms with Crippen molar-refractivity contribution in [3.05, 3.63) is 70.1 Å². The van der Waals surface area contributed by atoms with Crippen molar-refractivity contribution in [2.24, 2.45) is 10.2 Å². The molecule has 0 radical (unpaired) electrons. The Hall–Kier alpha value is -3.59. The number of aryl methyl sites for hydroxylation is 1.